The molecule has 0 fully saturated rings. The molecular formula is C13H13NO2S. The summed E-state index contributed by atoms with van der Waals surface area (Å²) in [6.07, 6.45) is 0. The minimum atomic E-state index is -0.0456. The molecule has 0 bridgehead atoms. The average Bonchev–Trinajstić information content (AvgIpc) is 2.85. The van der Waals surface area contributed by atoms with E-state index in [4.69, 9.17) is 10.5 Å². The Morgan fingerprint density at radius 3 is 2.82 bits per heavy atom. The molecular weight excluding hydrogens is 234 g/mol. The number of nitrogens with two attached hydrogens (primary N) is 1. The number of hydrogen-bond donors (Lipinski definition) is 1. The summed E-state index contributed by atoms with van der Waals surface area (Å²) in [6.45, 7) is 2.35. The predicted octanol–water partition coefficient (Wildman–Crippen LogP) is 2.96. The largest absolute Gasteiger partial charge is 0.491 e. The molecule has 0 saturated heterocycles. The molecule has 2 aromatic rings. The molecule has 88 valence electrons. The number of para-hydroxylation sites is 1. The van der Waals surface area contributed by atoms with E-state index in [-0.39, 0.29) is 5.78 Å². The lowest BCUT2D eigenvalue weighted by molar-refractivity contribution is 0.103. The molecule has 0 spiro atoms. The van der Waals surface area contributed by atoms with Crippen molar-refractivity contribution in [2.75, 3.05) is 12.3 Å². The van der Waals surface area contributed by atoms with E-state index < -0.39 is 0 Å². The Morgan fingerprint density at radius 1 is 1.35 bits per heavy atom. The van der Waals surface area contributed by atoms with E-state index in [0.29, 0.717) is 28.5 Å². The zero-order valence-corrected chi connectivity index (χ0v) is 10.3. The second-order valence-corrected chi connectivity index (χ2v) is 4.41. The number of rotatable bonds is 4. The monoisotopic (exact) mass is 247 g/mol. The zero-order valence-electron chi connectivity index (χ0n) is 9.47. The van der Waals surface area contributed by atoms with Crippen LogP contribution in [0.1, 0.15) is 22.2 Å². The number of nitrogen functional groups attached to an aromatic ring is 1. The van der Waals surface area contributed by atoms with Crippen LogP contribution in [0.4, 0.5) is 5.69 Å². The first-order valence-corrected chi connectivity index (χ1v) is 6.21. The maximum atomic E-state index is 12.2. The van der Waals surface area contributed by atoms with Crippen LogP contribution in [0, 0.1) is 0 Å². The third kappa shape index (κ3) is 2.31. The molecule has 2 N–H and O–H groups in total. The van der Waals surface area contributed by atoms with E-state index in [1.54, 1.807) is 24.3 Å². The Hall–Kier alpha value is -1.81. The van der Waals surface area contributed by atoms with Crippen LogP contribution in [0.5, 0.6) is 5.75 Å². The van der Waals surface area contributed by atoms with Crippen molar-refractivity contribution < 1.29 is 9.53 Å². The van der Waals surface area contributed by atoms with Crippen molar-refractivity contribution >= 4 is 22.8 Å². The summed E-state index contributed by atoms with van der Waals surface area (Å²) in [5.74, 6) is 0.434. The number of benzene rings is 1. The number of ether oxygens (including phenoxy) is 1. The van der Waals surface area contributed by atoms with Crippen LogP contribution in [0.3, 0.4) is 0 Å². The van der Waals surface area contributed by atoms with Gasteiger partial charge in [-0.25, -0.2) is 0 Å². The fourth-order valence-corrected chi connectivity index (χ4v) is 2.26. The first kappa shape index (κ1) is 11.7. The fraction of sp³-hybridized carbons (Fsp3) is 0.154. The predicted molar refractivity (Wildman–Crippen MR) is 69.8 cm³/mol. The molecule has 0 aliphatic heterocycles. The van der Waals surface area contributed by atoms with Gasteiger partial charge < -0.3 is 10.5 Å². The molecule has 1 aromatic heterocycles. The van der Waals surface area contributed by atoms with Crippen LogP contribution in [-0.2, 0) is 0 Å². The summed E-state index contributed by atoms with van der Waals surface area (Å²) in [4.78, 5) is 12.9. The van der Waals surface area contributed by atoms with E-state index in [1.165, 1.54) is 11.3 Å². The molecule has 0 unspecified atom stereocenters. The lowest BCUT2D eigenvalue weighted by atomic mass is 10.1. The van der Waals surface area contributed by atoms with Crippen molar-refractivity contribution in [3.05, 3.63) is 46.2 Å². The number of hydrogen-bond acceptors (Lipinski definition) is 4. The van der Waals surface area contributed by atoms with Crippen molar-refractivity contribution in [3.8, 4) is 5.75 Å². The normalized spacial score (nSPS) is 10.2. The number of thiophene rings is 1. The zero-order chi connectivity index (χ0) is 12.3. The van der Waals surface area contributed by atoms with Gasteiger partial charge in [0.1, 0.15) is 0 Å². The third-order valence-electron chi connectivity index (χ3n) is 2.32. The molecule has 2 rings (SSSR count). The van der Waals surface area contributed by atoms with Crippen LogP contribution in [-0.4, -0.2) is 12.4 Å². The van der Waals surface area contributed by atoms with Crippen LogP contribution >= 0.6 is 11.3 Å². The van der Waals surface area contributed by atoms with Gasteiger partial charge in [-0.1, -0.05) is 12.1 Å². The number of anilines is 1. The van der Waals surface area contributed by atoms with Crippen molar-refractivity contribution in [1.82, 2.24) is 0 Å². The van der Waals surface area contributed by atoms with Gasteiger partial charge in [-0.2, -0.15) is 0 Å². The molecule has 0 aliphatic rings. The fourth-order valence-electron chi connectivity index (χ4n) is 1.58. The van der Waals surface area contributed by atoms with Crippen molar-refractivity contribution in [2.45, 2.75) is 6.92 Å². The molecule has 0 atom stereocenters. The highest BCUT2D eigenvalue weighted by Gasteiger charge is 2.17. The number of ketones is 1. The third-order valence-corrected chi connectivity index (χ3v) is 3.19. The van der Waals surface area contributed by atoms with Crippen LogP contribution in [0.25, 0.3) is 0 Å². The molecule has 0 amide bonds. The summed E-state index contributed by atoms with van der Waals surface area (Å²) in [7, 11) is 0. The number of carbonyl (C=O) groups is 1. The minimum absolute atomic E-state index is 0.0456. The highest BCUT2D eigenvalue weighted by Crippen LogP contribution is 2.29. The second kappa shape index (κ2) is 5.01. The molecule has 1 heterocycles. The van der Waals surface area contributed by atoms with Gasteiger partial charge >= 0.3 is 0 Å². The molecule has 17 heavy (non-hydrogen) atoms. The van der Waals surface area contributed by atoms with E-state index in [0.717, 1.165) is 0 Å². The lowest BCUT2D eigenvalue weighted by Gasteiger charge is -2.11. The Bertz CT molecular complexity index is 520. The summed E-state index contributed by atoms with van der Waals surface area (Å²) in [5.41, 5.74) is 6.84. The van der Waals surface area contributed by atoms with Crippen molar-refractivity contribution in [2.24, 2.45) is 0 Å². The SMILES string of the molecule is CCOc1c(N)cccc1C(=O)c1cccs1. The topological polar surface area (TPSA) is 52.3 Å². The Kier molecular flexibility index (Phi) is 3.44. The number of carbonyl (C=O) groups excluding carboxylic acids is 1. The summed E-state index contributed by atoms with van der Waals surface area (Å²) in [5, 5.41) is 1.87. The summed E-state index contributed by atoms with van der Waals surface area (Å²) >= 11 is 1.41. The quantitative estimate of drug-likeness (QED) is 0.667. The molecule has 0 aliphatic carbocycles. The van der Waals surface area contributed by atoms with Crippen LogP contribution in [0.15, 0.2) is 35.7 Å². The van der Waals surface area contributed by atoms with Gasteiger partial charge in [0.2, 0.25) is 5.78 Å². The average molecular weight is 247 g/mol. The Balaban J connectivity index is 2.44. The maximum absolute atomic E-state index is 12.2. The van der Waals surface area contributed by atoms with Gasteiger partial charge in [0, 0.05) is 0 Å². The highest BCUT2D eigenvalue weighted by molar-refractivity contribution is 7.12. The van der Waals surface area contributed by atoms with Gasteiger partial charge in [0.05, 0.1) is 22.7 Å². The van der Waals surface area contributed by atoms with E-state index in [2.05, 4.69) is 0 Å². The van der Waals surface area contributed by atoms with Gasteiger partial charge in [0.25, 0.3) is 0 Å². The van der Waals surface area contributed by atoms with E-state index in [9.17, 15) is 4.79 Å². The lowest BCUT2D eigenvalue weighted by Crippen LogP contribution is -2.06. The Morgan fingerprint density at radius 2 is 2.18 bits per heavy atom. The summed E-state index contributed by atoms with van der Waals surface area (Å²) in [6, 6.07) is 8.88. The maximum Gasteiger partial charge on any atom is 0.206 e. The Labute approximate surface area is 104 Å². The first-order chi connectivity index (χ1) is 8.24. The molecule has 0 radical (unpaired) electrons. The van der Waals surface area contributed by atoms with Gasteiger partial charge in [-0.3, -0.25) is 4.79 Å². The standard InChI is InChI=1S/C13H13NO2S/c1-2-16-13-9(5-3-6-10(13)14)12(15)11-7-4-8-17-11/h3-8H,2,14H2,1H3. The van der Waals surface area contributed by atoms with E-state index >= 15 is 0 Å². The van der Waals surface area contributed by atoms with Crippen molar-refractivity contribution in [1.29, 1.82) is 0 Å². The van der Waals surface area contributed by atoms with Gasteiger partial charge in [-0.15, -0.1) is 11.3 Å². The smallest absolute Gasteiger partial charge is 0.206 e. The van der Waals surface area contributed by atoms with Gasteiger partial charge in [-0.05, 0) is 30.5 Å². The first-order valence-electron chi connectivity index (χ1n) is 5.33. The van der Waals surface area contributed by atoms with Gasteiger partial charge in [0.15, 0.2) is 5.75 Å². The van der Waals surface area contributed by atoms with Crippen LogP contribution < -0.4 is 10.5 Å². The summed E-state index contributed by atoms with van der Waals surface area (Å²) < 4.78 is 5.45. The molecule has 1 aromatic carbocycles. The van der Waals surface area contributed by atoms with Crippen LogP contribution in [0.2, 0.25) is 0 Å². The van der Waals surface area contributed by atoms with Crippen molar-refractivity contribution in [3.63, 3.8) is 0 Å². The molecule has 4 heteroatoms. The molecule has 3 nitrogen and oxygen atoms in total. The highest BCUT2D eigenvalue weighted by atomic mass is 32.1. The van der Waals surface area contributed by atoms with E-state index in [1.807, 2.05) is 18.4 Å². The minimum Gasteiger partial charge on any atom is -0.491 e. The molecule has 0 saturated carbocycles. The second-order valence-electron chi connectivity index (χ2n) is 3.46.